The van der Waals surface area contributed by atoms with Crippen molar-refractivity contribution >= 4 is 31.6 Å². The molecule has 106 valence electrons. The highest BCUT2D eigenvalue weighted by atomic mass is 79.9. The van der Waals surface area contributed by atoms with E-state index in [1.165, 1.54) is 23.1 Å². The summed E-state index contributed by atoms with van der Waals surface area (Å²) in [6, 6.07) is 6.40. The third-order valence-corrected chi connectivity index (χ3v) is 5.33. The maximum Gasteiger partial charge on any atom is 0.211 e. The lowest BCUT2D eigenvalue weighted by molar-refractivity contribution is 0.388. The molecule has 4 nitrogen and oxygen atoms in total. The number of aryl methyl sites for hydroxylation is 1. The Morgan fingerprint density at radius 3 is 2.37 bits per heavy atom. The van der Waals surface area contributed by atoms with Crippen LogP contribution in [0.4, 0.5) is 5.69 Å². The average molecular weight is 347 g/mol. The quantitative estimate of drug-likeness (QED) is 0.785. The van der Waals surface area contributed by atoms with Crippen molar-refractivity contribution in [3.05, 3.63) is 29.3 Å². The molecule has 1 aromatic carbocycles. The maximum atomic E-state index is 11.5. The lowest BCUT2D eigenvalue weighted by atomic mass is 10.1. The summed E-state index contributed by atoms with van der Waals surface area (Å²) in [5.41, 5.74) is 3.71. The molecule has 19 heavy (non-hydrogen) atoms. The SMILES string of the molecule is Cc1ccc(N2CCN(S(C)(=O)=O)CC2)c(CBr)c1. The van der Waals surface area contributed by atoms with Crippen molar-refractivity contribution in [1.29, 1.82) is 0 Å². The molecule has 0 amide bonds. The van der Waals surface area contributed by atoms with Gasteiger partial charge in [0.2, 0.25) is 10.0 Å². The minimum atomic E-state index is -3.06. The minimum Gasteiger partial charge on any atom is -0.369 e. The number of piperazine rings is 1. The lowest BCUT2D eigenvalue weighted by Crippen LogP contribution is -2.48. The molecule has 0 aliphatic carbocycles. The van der Waals surface area contributed by atoms with Crippen LogP contribution in [0.15, 0.2) is 18.2 Å². The minimum absolute atomic E-state index is 0.564. The van der Waals surface area contributed by atoms with Gasteiger partial charge in [0.1, 0.15) is 0 Å². The summed E-state index contributed by atoms with van der Waals surface area (Å²) < 4.78 is 24.5. The number of alkyl halides is 1. The van der Waals surface area contributed by atoms with Gasteiger partial charge in [0.25, 0.3) is 0 Å². The molecule has 1 heterocycles. The van der Waals surface area contributed by atoms with Crippen molar-refractivity contribution in [2.75, 3.05) is 37.3 Å². The first-order chi connectivity index (χ1) is 8.91. The highest BCUT2D eigenvalue weighted by Crippen LogP contribution is 2.25. The van der Waals surface area contributed by atoms with Crippen molar-refractivity contribution in [2.24, 2.45) is 0 Å². The third kappa shape index (κ3) is 3.49. The summed E-state index contributed by atoms with van der Waals surface area (Å²) in [5, 5.41) is 0.816. The van der Waals surface area contributed by atoms with E-state index in [-0.39, 0.29) is 0 Å². The van der Waals surface area contributed by atoms with E-state index in [1.807, 2.05) is 0 Å². The lowest BCUT2D eigenvalue weighted by Gasteiger charge is -2.35. The summed E-state index contributed by atoms with van der Waals surface area (Å²) in [7, 11) is -3.06. The van der Waals surface area contributed by atoms with Crippen LogP contribution in [-0.2, 0) is 15.4 Å². The molecule has 1 aliphatic rings. The highest BCUT2D eigenvalue weighted by Gasteiger charge is 2.24. The predicted molar refractivity (Wildman–Crippen MR) is 82.4 cm³/mol. The van der Waals surface area contributed by atoms with Gasteiger partial charge in [-0.25, -0.2) is 8.42 Å². The molecule has 0 saturated carbocycles. The van der Waals surface area contributed by atoms with E-state index < -0.39 is 10.0 Å². The largest absolute Gasteiger partial charge is 0.369 e. The van der Waals surface area contributed by atoms with E-state index >= 15 is 0 Å². The Bertz CT molecular complexity index is 552. The monoisotopic (exact) mass is 346 g/mol. The normalized spacial score (nSPS) is 17.7. The molecule has 6 heteroatoms. The molecule has 2 rings (SSSR count). The second-order valence-electron chi connectivity index (χ2n) is 4.91. The molecule has 1 aromatic rings. The third-order valence-electron chi connectivity index (χ3n) is 3.43. The van der Waals surface area contributed by atoms with Gasteiger partial charge < -0.3 is 4.90 Å². The van der Waals surface area contributed by atoms with Crippen LogP contribution in [0.25, 0.3) is 0 Å². The Kier molecular flexibility index (Phi) is 4.53. The number of rotatable bonds is 3. The second-order valence-corrected chi connectivity index (χ2v) is 7.46. The van der Waals surface area contributed by atoms with Crippen LogP contribution >= 0.6 is 15.9 Å². The molecule has 0 aromatic heterocycles. The Morgan fingerprint density at radius 1 is 1.21 bits per heavy atom. The summed E-state index contributed by atoms with van der Waals surface area (Å²) in [6.45, 7) is 4.70. The van der Waals surface area contributed by atoms with Crippen molar-refractivity contribution in [1.82, 2.24) is 4.31 Å². The molecule has 1 aliphatic heterocycles. The zero-order chi connectivity index (χ0) is 14.0. The standard InChI is InChI=1S/C13H19BrN2O2S/c1-11-3-4-13(12(9-11)10-14)15-5-7-16(8-6-15)19(2,17)18/h3-4,9H,5-8,10H2,1-2H3. The molecule has 0 bridgehead atoms. The number of hydrogen-bond donors (Lipinski definition) is 0. The topological polar surface area (TPSA) is 40.6 Å². The molecular weight excluding hydrogens is 328 g/mol. The van der Waals surface area contributed by atoms with Crippen LogP contribution < -0.4 is 4.90 Å². The molecule has 0 spiro atoms. The Morgan fingerprint density at radius 2 is 1.84 bits per heavy atom. The average Bonchev–Trinajstić information content (AvgIpc) is 2.37. The van der Waals surface area contributed by atoms with Gasteiger partial charge in [-0.1, -0.05) is 33.6 Å². The van der Waals surface area contributed by atoms with E-state index in [2.05, 4.69) is 46.0 Å². The molecule has 0 atom stereocenters. The van der Waals surface area contributed by atoms with Gasteiger partial charge in [-0.15, -0.1) is 0 Å². The zero-order valence-electron chi connectivity index (χ0n) is 11.3. The van der Waals surface area contributed by atoms with Gasteiger partial charge in [0, 0.05) is 37.2 Å². The Hall–Kier alpha value is -0.590. The van der Waals surface area contributed by atoms with E-state index in [4.69, 9.17) is 0 Å². The van der Waals surface area contributed by atoms with E-state index in [0.717, 1.165) is 18.4 Å². The molecule has 0 radical (unpaired) electrons. The van der Waals surface area contributed by atoms with E-state index in [9.17, 15) is 8.42 Å². The van der Waals surface area contributed by atoms with Gasteiger partial charge in [0.05, 0.1) is 6.26 Å². The Balaban J connectivity index is 2.14. The van der Waals surface area contributed by atoms with Gasteiger partial charge >= 0.3 is 0 Å². The van der Waals surface area contributed by atoms with Gasteiger partial charge in [0.15, 0.2) is 0 Å². The van der Waals surface area contributed by atoms with Crippen LogP contribution in [0, 0.1) is 6.92 Å². The van der Waals surface area contributed by atoms with Crippen LogP contribution in [0.3, 0.4) is 0 Å². The number of benzene rings is 1. The van der Waals surface area contributed by atoms with Crippen molar-refractivity contribution in [2.45, 2.75) is 12.3 Å². The molecular formula is C13H19BrN2O2S. The fourth-order valence-electron chi connectivity index (χ4n) is 2.39. The van der Waals surface area contributed by atoms with Crippen molar-refractivity contribution < 1.29 is 8.42 Å². The molecule has 0 unspecified atom stereocenters. The number of sulfonamides is 1. The van der Waals surface area contributed by atoms with Crippen molar-refractivity contribution in [3.63, 3.8) is 0 Å². The molecule has 1 fully saturated rings. The number of halogens is 1. The maximum absolute atomic E-state index is 11.5. The summed E-state index contributed by atoms with van der Waals surface area (Å²) in [6.07, 6.45) is 1.28. The highest BCUT2D eigenvalue weighted by molar-refractivity contribution is 9.08. The van der Waals surface area contributed by atoms with Crippen LogP contribution in [0.2, 0.25) is 0 Å². The zero-order valence-corrected chi connectivity index (χ0v) is 13.7. The van der Waals surface area contributed by atoms with Gasteiger partial charge in [-0.3, -0.25) is 0 Å². The van der Waals surface area contributed by atoms with Crippen molar-refractivity contribution in [3.8, 4) is 0 Å². The number of anilines is 1. The van der Waals surface area contributed by atoms with Gasteiger partial charge in [-0.2, -0.15) is 4.31 Å². The summed E-state index contributed by atoms with van der Waals surface area (Å²) in [5.74, 6) is 0. The fourth-order valence-corrected chi connectivity index (χ4v) is 3.67. The predicted octanol–water partition coefficient (Wildman–Crippen LogP) is 1.97. The first-order valence-corrected chi connectivity index (χ1v) is 9.24. The molecule has 1 saturated heterocycles. The van der Waals surface area contributed by atoms with E-state index in [0.29, 0.717) is 13.1 Å². The second kappa shape index (κ2) is 5.81. The first-order valence-electron chi connectivity index (χ1n) is 6.27. The summed E-state index contributed by atoms with van der Waals surface area (Å²) >= 11 is 3.52. The van der Waals surface area contributed by atoms with Crippen LogP contribution in [0.5, 0.6) is 0 Å². The first kappa shape index (κ1) is 14.8. The van der Waals surface area contributed by atoms with Gasteiger partial charge in [-0.05, 0) is 18.6 Å². The Labute approximate surface area is 123 Å². The fraction of sp³-hybridized carbons (Fsp3) is 0.538. The van der Waals surface area contributed by atoms with Crippen LogP contribution in [0.1, 0.15) is 11.1 Å². The number of nitrogens with zero attached hydrogens (tertiary/aromatic N) is 2. The molecule has 0 N–H and O–H groups in total. The number of hydrogen-bond acceptors (Lipinski definition) is 3. The van der Waals surface area contributed by atoms with Crippen LogP contribution in [-0.4, -0.2) is 45.2 Å². The smallest absolute Gasteiger partial charge is 0.211 e. The van der Waals surface area contributed by atoms with E-state index in [1.54, 1.807) is 4.31 Å². The summed E-state index contributed by atoms with van der Waals surface area (Å²) in [4.78, 5) is 2.26.